The summed E-state index contributed by atoms with van der Waals surface area (Å²) in [6.45, 7) is 2.35. The van der Waals surface area contributed by atoms with Gasteiger partial charge in [0.1, 0.15) is 5.75 Å². The molecular weight excluding hydrogens is 422 g/mol. The molecule has 2 rings (SSSR count). The molecule has 0 saturated heterocycles. The SMILES string of the molecule is CCOC(=O)[C@H](CCC(=O)NCCC/C=C\c1ccc(OC)cc1)OC(=O)c1ccccc1. The Hall–Kier alpha value is -3.61. The van der Waals surface area contributed by atoms with Gasteiger partial charge in [0.25, 0.3) is 0 Å². The Bertz CT molecular complexity index is 908. The monoisotopic (exact) mass is 453 g/mol. The summed E-state index contributed by atoms with van der Waals surface area (Å²) in [6, 6.07) is 16.1. The summed E-state index contributed by atoms with van der Waals surface area (Å²) in [6.07, 6.45) is 4.64. The molecule has 0 aliphatic rings. The maximum absolute atomic E-state index is 12.3. The number of amides is 1. The lowest BCUT2D eigenvalue weighted by atomic mass is 10.1. The predicted molar refractivity (Wildman–Crippen MR) is 126 cm³/mol. The number of hydrogen-bond donors (Lipinski definition) is 1. The number of esters is 2. The van der Waals surface area contributed by atoms with Crippen LogP contribution in [0.5, 0.6) is 5.75 Å². The van der Waals surface area contributed by atoms with E-state index in [0.29, 0.717) is 12.1 Å². The second-order valence-electron chi connectivity index (χ2n) is 7.22. The van der Waals surface area contributed by atoms with Gasteiger partial charge in [-0.15, -0.1) is 0 Å². The molecule has 2 aromatic rings. The zero-order valence-corrected chi connectivity index (χ0v) is 19.1. The Kier molecular flexibility index (Phi) is 11.2. The summed E-state index contributed by atoms with van der Waals surface area (Å²) in [5.41, 5.74) is 1.41. The second kappa shape index (κ2) is 14.5. The van der Waals surface area contributed by atoms with Crippen molar-refractivity contribution in [1.29, 1.82) is 0 Å². The van der Waals surface area contributed by atoms with E-state index in [2.05, 4.69) is 5.32 Å². The van der Waals surface area contributed by atoms with Crippen molar-refractivity contribution >= 4 is 23.9 Å². The van der Waals surface area contributed by atoms with Gasteiger partial charge >= 0.3 is 11.9 Å². The van der Waals surface area contributed by atoms with E-state index in [1.807, 2.05) is 36.4 Å². The lowest BCUT2D eigenvalue weighted by Gasteiger charge is -2.16. The van der Waals surface area contributed by atoms with Crippen molar-refractivity contribution in [3.05, 3.63) is 71.8 Å². The molecule has 33 heavy (non-hydrogen) atoms. The van der Waals surface area contributed by atoms with E-state index in [1.54, 1.807) is 44.4 Å². The van der Waals surface area contributed by atoms with Gasteiger partial charge in [0.2, 0.25) is 5.91 Å². The van der Waals surface area contributed by atoms with Crippen molar-refractivity contribution in [1.82, 2.24) is 5.32 Å². The van der Waals surface area contributed by atoms with Crippen LogP contribution in [0, 0.1) is 0 Å². The third-order valence-corrected chi connectivity index (χ3v) is 4.74. The van der Waals surface area contributed by atoms with Gasteiger partial charge < -0.3 is 19.5 Å². The average molecular weight is 454 g/mol. The van der Waals surface area contributed by atoms with Crippen LogP contribution in [0.15, 0.2) is 60.7 Å². The standard InChI is InChI=1S/C26H31NO6/c1-3-32-26(30)23(33-25(29)21-11-7-4-8-12-21)17-18-24(28)27-19-9-5-6-10-20-13-15-22(31-2)16-14-20/h4,6-8,10-16,23H,3,5,9,17-19H2,1-2H3,(H,27,28)/b10-6-/t23-/m0/s1. The summed E-state index contributed by atoms with van der Waals surface area (Å²) in [4.78, 5) is 36.6. The van der Waals surface area contributed by atoms with E-state index in [4.69, 9.17) is 14.2 Å². The molecule has 0 spiro atoms. The minimum absolute atomic E-state index is 0.0488. The number of hydrogen-bond acceptors (Lipinski definition) is 6. The van der Waals surface area contributed by atoms with Crippen molar-refractivity contribution in [2.75, 3.05) is 20.3 Å². The van der Waals surface area contributed by atoms with Gasteiger partial charge in [-0.2, -0.15) is 0 Å². The molecule has 0 unspecified atom stereocenters. The highest BCUT2D eigenvalue weighted by Crippen LogP contribution is 2.13. The normalized spacial score (nSPS) is 11.6. The Labute approximate surface area is 194 Å². The molecule has 0 aliphatic carbocycles. The first kappa shape index (κ1) is 25.6. The maximum atomic E-state index is 12.3. The van der Waals surface area contributed by atoms with E-state index in [-0.39, 0.29) is 25.4 Å². The number of carbonyl (C=O) groups is 3. The first-order valence-electron chi connectivity index (χ1n) is 11.0. The lowest BCUT2D eigenvalue weighted by molar-refractivity contribution is -0.154. The van der Waals surface area contributed by atoms with Crippen LogP contribution in [0.25, 0.3) is 6.08 Å². The van der Waals surface area contributed by atoms with Crippen LogP contribution < -0.4 is 10.1 Å². The molecule has 7 heteroatoms. The van der Waals surface area contributed by atoms with Crippen molar-refractivity contribution in [2.24, 2.45) is 0 Å². The number of carbonyl (C=O) groups excluding carboxylic acids is 3. The molecule has 0 aromatic heterocycles. The highest BCUT2D eigenvalue weighted by molar-refractivity contribution is 5.91. The van der Waals surface area contributed by atoms with E-state index in [9.17, 15) is 14.4 Å². The molecule has 1 N–H and O–H groups in total. The number of nitrogens with one attached hydrogen (secondary N) is 1. The van der Waals surface area contributed by atoms with E-state index < -0.39 is 18.0 Å². The molecule has 2 aromatic carbocycles. The summed E-state index contributed by atoms with van der Waals surface area (Å²) < 4.78 is 15.4. The van der Waals surface area contributed by atoms with E-state index in [0.717, 1.165) is 24.2 Å². The minimum Gasteiger partial charge on any atom is -0.497 e. The first-order chi connectivity index (χ1) is 16.0. The topological polar surface area (TPSA) is 90.9 Å². The molecule has 0 aliphatic heterocycles. The van der Waals surface area contributed by atoms with Crippen LogP contribution in [0.1, 0.15) is 48.5 Å². The highest BCUT2D eigenvalue weighted by atomic mass is 16.6. The maximum Gasteiger partial charge on any atom is 0.347 e. The fourth-order valence-corrected chi connectivity index (χ4v) is 2.96. The number of ether oxygens (including phenoxy) is 3. The number of rotatable bonds is 13. The van der Waals surface area contributed by atoms with Crippen LogP contribution in [-0.4, -0.2) is 44.2 Å². The third kappa shape index (κ3) is 9.60. The van der Waals surface area contributed by atoms with Gasteiger partial charge in [0.05, 0.1) is 19.3 Å². The van der Waals surface area contributed by atoms with Gasteiger partial charge in [-0.1, -0.05) is 42.5 Å². The van der Waals surface area contributed by atoms with Gasteiger partial charge in [-0.3, -0.25) is 4.79 Å². The Morgan fingerprint density at radius 2 is 1.76 bits per heavy atom. The fraction of sp³-hybridized carbons (Fsp3) is 0.346. The zero-order chi connectivity index (χ0) is 23.9. The largest absolute Gasteiger partial charge is 0.497 e. The number of benzene rings is 2. The van der Waals surface area contributed by atoms with Crippen LogP contribution in [0.4, 0.5) is 0 Å². The number of unbranched alkanes of at least 4 members (excludes halogenated alkanes) is 1. The fourth-order valence-electron chi connectivity index (χ4n) is 2.96. The van der Waals surface area contributed by atoms with Crippen LogP contribution in [0.2, 0.25) is 0 Å². The molecule has 176 valence electrons. The third-order valence-electron chi connectivity index (χ3n) is 4.74. The second-order valence-corrected chi connectivity index (χ2v) is 7.22. The van der Waals surface area contributed by atoms with Crippen molar-refractivity contribution in [2.45, 2.75) is 38.7 Å². The molecule has 1 amide bonds. The molecule has 1 atom stereocenters. The molecule has 0 heterocycles. The van der Waals surface area contributed by atoms with Gasteiger partial charge in [-0.25, -0.2) is 9.59 Å². The first-order valence-corrected chi connectivity index (χ1v) is 11.0. The number of methoxy groups -OCH3 is 1. The predicted octanol–water partition coefficient (Wildman–Crippen LogP) is 4.17. The van der Waals surface area contributed by atoms with Crippen molar-refractivity contribution in [3.8, 4) is 5.75 Å². The van der Waals surface area contributed by atoms with Crippen LogP contribution in [0.3, 0.4) is 0 Å². The number of allylic oxidation sites excluding steroid dienone is 1. The van der Waals surface area contributed by atoms with E-state index in [1.165, 1.54) is 0 Å². The Morgan fingerprint density at radius 1 is 1.03 bits per heavy atom. The van der Waals surface area contributed by atoms with Gasteiger partial charge in [0, 0.05) is 19.4 Å². The van der Waals surface area contributed by atoms with E-state index >= 15 is 0 Å². The molecule has 0 fully saturated rings. The average Bonchev–Trinajstić information content (AvgIpc) is 2.84. The zero-order valence-electron chi connectivity index (χ0n) is 19.1. The minimum atomic E-state index is -1.13. The van der Waals surface area contributed by atoms with Crippen LogP contribution >= 0.6 is 0 Å². The molecule has 0 saturated carbocycles. The quantitative estimate of drug-likeness (QED) is 0.362. The van der Waals surface area contributed by atoms with Crippen LogP contribution in [-0.2, 0) is 19.1 Å². The molecule has 0 radical (unpaired) electrons. The summed E-state index contributed by atoms with van der Waals surface area (Å²) >= 11 is 0. The summed E-state index contributed by atoms with van der Waals surface area (Å²) in [5, 5.41) is 2.83. The smallest absolute Gasteiger partial charge is 0.347 e. The summed E-state index contributed by atoms with van der Waals surface area (Å²) in [7, 11) is 1.63. The van der Waals surface area contributed by atoms with Gasteiger partial charge in [0.15, 0.2) is 6.10 Å². The van der Waals surface area contributed by atoms with Crippen molar-refractivity contribution < 1.29 is 28.6 Å². The molecule has 7 nitrogen and oxygen atoms in total. The summed E-state index contributed by atoms with van der Waals surface area (Å²) in [5.74, 6) is -0.676. The highest BCUT2D eigenvalue weighted by Gasteiger charge is 2.25. The molecular formula is C26H31NO6. The Morgan fingerprint density at radius 3 is 2.42 bits per heavy atom. The molecule has 0 bridgehead atoms. The lowest BCUT2D eigenvalue weighted by Crippen LogP contribution is -2.32. The Balaban J connectivity index is 1.72. The van der Waals surface area contributed by atoms with Crippen molar-refractivity contribution in [3.63, 3.8) is 0 Å². The van der Waals surface area contributed by atoms with Gasteiger partial charge in [-0.05, 0) is 49.6 Å².